The molecular formula is C9H4F2O4. The normalized spacial score (nSPS) is 18.1. The third-order valence-corrected chi connectivity index (χ3v) is 2.18. The first-order valence-electron chi connectivity index (χ1n) is 3.89. The van der Waals surface area contributed by atoms with E-state index in [9.17, 15) is 18.4 Å². The summed E-state index contributed by atoms with van der Waals surface area (Å²) in [6.45, 7) is 0. The quantitative estimate of drug-likeness (QED) is 0.471. The van der Waals surface area contributed by atoms with Crippen LogP contribution in [0.4, 0.5) is 8.78 Å². The maximum Gasteiger partial charge on any atom is 0.295 e. The van der Waals surface area contributed by atoms with Crippen molar-refractivity contribution in [3.63, 3.8) is 0 Å². The Kier molecular flexibility index (Phi) is 1.76. The Morgan fingerprint density at radius 2 is 1.27 bits per heavy atom. The maximum absolute atomic E-state index is 12.7. The molecule has 0 radical (unpaired) electrons. The Morgan fingerprint density at radius 1 is 0.933 bits per heavy atom. The summed E-state index contributed by atoms with van der Waals surface area (Å²) in [5.41, 5.74) is -1.05. The highest BCUT2D eigenvalue weighted by Gasteiger charge is 2.51. The summed E-state index contributed by atoms with van der Waals surface area (Å²) in [6.07, 6.45) is 0. The topological polar surface area (TPSA) is 74.6 Å². The number of fused-ring (bicyclic) bond motifs is 1. The minimum Gasteiger partial charge on any atom is -0.353 e. The smallest absolute Gasteiger partial charge is 0.295 e. The number of rotatable bonds is 0. The molecular weight excluding hydrogens is 210 g/mol. The molecule has 6 heteroatoms. The highest BCUT2D eigenvalue weighted by Crippen LogP contribution is 2.29. The average molecular weight is 214 g/mol. The number of hydrogen-bond donors (Lipinski definition) is 2. The molecule has 78 valence electrons. The second kappa shape index (κ2) is 2.68. The zero-order valence-corrected chi connectivity index (χ0v) is 7.12. The van der Waals surface area contributed by atoms with E-state index in [2.05, 4.69) is 0 Å². The van der Waals surface area contributed by atoms with Crippen molar-refractivity contribution in [3.8, 4) is 0 Å². The first-order chi connectivity index (χ1) is 6.85. The van der Waals surface area contributed by atoms with Crippen molar-refractivity contribution >= 4 is 11.6 Å². The van der Waals surface area contributed by atoms with Gasteiger partial charge < -0.3 is 10.2 Å². The first kappa shape index (κ1) is 9.88. The molecule has 0 aromatic heterocycles. The van der Waals surface area contributed by atoms with E-state index < -0.39 is 40.1 Å². The van der Waals surface area contributed by atoms with Crippen molar-refractivity contribution in [2.45, 2.75) is 5.79 Å². The van der Waals surface area contributed by atoms with E-state index in [-0.39, 0.29) is 0 Å². The van der Waals surface area contributed by atoms with Gasteiger partial charge in [0.1, 0.15) is 0 Å². The predicted molar refractivity (Wildman–Crippen MR) is 42.2 cm³/mol. The van der Waals surface area contributed by atoms with E-state index in [4.69, 9.17) is 10.2 Å². The predicted octanol–water partition coefficient (Wildman–Crippen LogP) is 0.0247. The minimum atomic E-state index is -3.21. The number of Topliss-reactive ketones (excluding diaryl/α,β-unsaturated/α-hetero) is 2. The van der Waals surface area contributed by atoms with E-state index in [1.54, 1.807) is 0 Å². The standard InChI is InChI=1S/C9H4F2O4/c10-5-1-3-4(2-6(5)11)8(13)9(14,15)7(3)12/h1-2,14-15H. The number of aliphatic hydroxyl groups is 2. The number of hydrogen-bond acceptors (Lipinski definition) is 4. The van der Waals surface area contributed by atoms with Gasteiger partial charge in [0.15, 0.2) is 11.6 Å². The van der Waals surface area contributed by atoms with Crippen LogP contribution in [-0.2, 0) is 0 Å². The van der Waals surface area contributed by atoms with Gasteiger partial charge in [0, 0.05) is 11.1 Å². The molecule has 0 saturated carbocycles. The number of carbonyl (C=O) groups is 2. The second-order valence-corrected chi connectivity index (χ2v) is 3.14. The summed E-state index contributed by atoms with van der Waals surface area (Å²) in [6, 6.07) is 0.943. The van der Waals surface area contributed by atoms with Gasteiger partial charge in [-0.1, -0.05) is 0 Å². The fourth-order valence-electron chi connectivity index (χ4n) is 1.40. The van der Waals surface area contributed by atoms with E-state index in [0.717, 1.165) is 0 Å². The third-order valence-electron chi connectivity index (χ3n) is 2.18. The fourth-order valence-corrected chi connectivity index (χ4v) is 1.40. The molecule has 0 aliphatic heterocycles. The van der Waals surface area contributed by atoms with Crippen LogP contribution in [0.1, 0.15) is 20.7 Å². The summed E-state index contributed by atoms with van der Waals surface area (Å²) in [5.74, 6) is -8.55. The van der Waals surface area contributed by atoms with Gasteiger partial charge in [-0.3, -0.25) is 9.59 Å². The van der Waals surface area contributed by atoms with Crippen LogP contribution in [-0.4, -0.2) is 27.6 Å². The molecule has 2 N–H and O–H groups in total. The molecule has 0 heterocycles. The van der Waals surface area contributed by atoms with Crippen molar-refractivity contribution < 1.29 is 28.6 Å². The largest absolute Gasteiger partial charge is 0.353 e. The lowest BCUT2D eigenvalue weighted by Crippen LogP contribution is -2.40. The van der Waals surface area contributed by atoms with Crippen LogP contribution >= 0.6 is 0 Å². The Balaban J connectivity index is 2.74. The lowest BCUT2D eigenvalue weighted by molar-refractivity contribution is -0.0857. The summed E-state index contributed by atoms with van der Waals surface area (Å²) in [7, 11) is 0. The van der Waals surface area contributed by atoms with Gasteiger partial charge in [-0.05, 0) is 12.1 Å². The van der Waals surface area contributed by atoms with Crippen molar-refractivity contribution in [1.82, 2.24) is 0 Å². The highest BCUT2D eigenvalue weighted by molar-refractivity contribution is 6.30. The van der Waals surface area contributed by atoms with E-state index in [1.165, 1.54) is 0 Å². The molecule has 0 spiro atoms. The van der Waals surface area contributed by atoms with Crippen LogP contribution in [0.25, 0.3) is 0 Å². The Bertz CT molecular complexity index is 450. The third kappa shape index (κ3) is 1.12. The van der Waals surface area contributed by atoms with E-state index >= 15 is 0 Å². The Hall–Kier alpha value is -1.66. The van der Waals surface area contributed by atoms with Crippen molar-refractivity contribution in [2.24, 2.45) is 0 Å². The molecule has 4 nitrogen and oxygen atoms in total. The van der Waals surface area contributed by atoms with Gasteiger partial charge >= 0.3 is 0 Å². The molecule has 2 rings (SSSR count). The highest BCUT2D eigenvalue weighted by atomic mass is 19.2. The van der Waals surface area contributed by atoms with Crippen molar-refractivity contribution in [2.75, 3.05) is 0 Å². The zero-order valence-electron chi connectivity index (χ0n) is 7.12. The van der Waals surface area contributed by atoms with Crippen LogP contribution in [0, 0.1) is 11.6 Å². The molecule has 0 saturated heterocycles. The fraction of sp³-hybridized carbons (Fsp3) is 0.111. The van der Waals surface area contributed by atoms with E-state index in [1.807, 2.05) is 0 Å². The number of halogens is 2. The molecule has 1 aromatic rings. The number of ketones is 2. The van der Waals surface area contributed by atoms with Gasteiger partial charge in [0.2, 0.25) is 11.6 Å². The molecule has 1 aliphatic rings. The second-order valence-electron chi connectivity index (χ2n) is 3.14. The Labute approximate surface area is 81.8 Å². The lowest BCUT2D eigenvalue weighted by atomic mass is 10.1. The summed E-state index contributed by atoms with van der Waals surface area (Å²) in [5, 5.41) is 18.1. The van der Waals surface area contributed by atoms with Gasteiger partial charge in [-0.2, -0.15) is 0 Å². The molecule has 0 amide bonds. The van der Waals surface area contributed by atoms with Gasteiger partial charge in [0.05, 0.1) is 0 Å². The molecule has 15 heavy (non-hydrogen) atoms. The number of benzene rings is 1. The minimum absolute atomic E-state index is 0.471. The van der Waals surface area contributed by atoms with Gasteiger partial charge in [-0.25, -0.2) is 8.78 Å². The molecule has 0 unspecified atom stereocenters. The lowest BCUT2D eigenvalue weighted by Gasteiger charge is -2.08. The van der Waals surface area contributed by atoms with Crippen LogP contribution in [0.2, 0.25) is 0 Å². The first-order valence-corrected chi connectivity index (χ1v) is 3.89. The maximum atomic E-state index is 12.7. The summed E-state index contributed by atoms with van der Waals surface area (Å²) in [4.78, 5) is 22.4. The van der Waals surface area contributed by atoms with Gasteiger partial charge in [-0.15, -0.1) is 0 Å². The van der Waals surface area contributed by atoms with Crippen molar-refractivity contribution in [1.29, 1.82) is 0 Å². The molecule has 0 atom stereocenters. The van der Waals surface area contributed by atoms with Crippen LogP contribution < -0.4 is 0 Å². The van der Waals surface area contributed by atoms with Crippen molar-refractivity contribution in [3.05, 3.63) is 34.9 Å². The summed E-state index contributed by atoms with van der Waals surface area (Å²) >= 11 is 0. The zero-order chi connectivity index (χ0) is 11.4. The molecule has 1 aromatic carbocycles. The average Bonchev–Trinajstić information content (AvgIpc) is 2.32. The Morgan fingerprint density at radius 3 is 1.60 bits per heavy atom. The van der Waals surface area contributed by atoms with Crippen LogP contribution in [0.3, 0.4) is 0 Å². The SMILES string of the molecule is O=C1c2cc(F)c(F)cc2C(=O)C1(O)O. The number of carbonyl (C=O) groups excluding carboxylic acids is 2. The molecule has 0 bridgehead atoms. The molecule has 1 aliphatic carbocycles. The van der Waals surface area contributed by atoms with E-state index in [0.29, 0.717) is 12.1 Å². The summed E-state index contributed by atoms with van der Waals surface area (Å²) < 4.78 is 25.4. The van der Waals surface area contributed by atoms with Gasteiger partial charge in [0.25, 0.3) is 5.79 Å². The molecule has 0 fully saturated rings. The monoisotopic (exact) mass is 214 g/mol. The van der Waals surface area contributed by atoms with Crippen LogP contribution in [0.15, 0.2) is 12.1 Å². The van der Waals surface area contributed by atoms with Crippen LogP contribution in [0.5, 0.6) is 0 Å².